The molecule has 24 heavy (non-hydrogen) atoms. The smallest absolute Gasteiger partial charge is 0.129 e. The van der Waals surface area contributed by atoms with Gasteiger partial charge in [-0.2, -0.15) is 10.4 Å². The molecule has 120 valence electrons. The van der Waals surface area contributed by atoms with E-state index in [1.54, 1.807) is 19.2 Å². The van der Waals surface area contributed by atoms with Crippen LogP contribution >= 0.6 is 0 Å². The first kappa shape index (κ1) is 15.8. The molecule has 4 nitrogen and oxygen atoms in total. The first-order chi connectivity index (χ1) is 11.7. The lowest BCUT2D eigenvalue weighted by molar-refractivity contribution is 0.618. The Morgan fingerprint density at radius 3 is 2.75 bits per heavy atom. The van der Waals surface area contributed by atoms with Crippen molar-refractivity contribution >= 4 is 5.69 Å². The summed E-state index contributed by atoms with van der Waals surface area (Å²) in [5.74, 6) is -0.378. The highest BCUT2D eigenvalue weighted by Crippen LogP contribution is 2.21. The van der Waals surface area contributed by atoms with Gasteiger partial charge in [0.25, 0.3) is 0 Å². The Balaban J connectivity index is 1.68. The van der Waals surface area contributed by atoms with Gasteiger partial charge in [-0.1, -0.05) is 30.3 Å². The van der Waals surface area contributed by atoms with Crippen LogP contribution in [0, 0.1) is 24.1 Å². The molecule has 1 aromatic heterocycles. The van der Waals surface area contributed by atoms with Crippen molar-refractivity contribution in [1.82, 2.24) is 9.78 Å². The number of nitriles is 1. The van der Waals surface area contributed by atoms with Gasteiger partial charge in [0.2, 0.25) is 0 Å². The average molecular weight is 320 g/mol. The van der Waals surface area contributed by atoms with Crippen LogP contribution in [-0.4, -0.2) is 9.78 Å². The third kappa shape index (κ3) is 3.61. The molecule has 0 atom stereocenters. The van der Waals surface area contributed by atoms with Gasteiger partial charge in [-0.05, 0) is 24.6 Å². The van der Waals surface area contributed by atoms with E-state index in [1.165, 1.54) is 11.6 Å². The summed E-state index contributed by atoms with van der Waals surface area (Å²) in [4.78, 5) is 0. The van der Waals surface area contributed by atoms with Crippen LogP contribution in [0.3, 0.4) is 0 Å². The Morgan fingerprint density at radius 1 is 1.21 bits per heavy atom. The summed E-state index contributed by atoms with van der Waals surface area (Å²) in [5.41, 5.74) is 3.61. The van der Waals surface area contributed by atoms with Crippen LogP contribution in [0.25, 0.3) is 0 Å². The molecule has 1 heterocycles. The number of benzene rings is 2. The zero-order valence-electron chi connectivity index (χ0n) is 13.3. The van der Waals surface area contributed by atoms with Crippen LogP contribution in [0.5, 0.6) is 0 Å². The Bertz CT molecular complexity index is 878. The molecule has 0 unspecified atom stereocenters. The van der Waals surface area contributed by atoms with Gasteiger partial charge >= 0.3 is 0 Å². The van der Waals surface area contributed by atoms with Crippen LogP contribution in [-0.2, 0) is 13.1 Å². The second-order valence-corrected chi connectivity index (χ2v) is 5.63. The molecule has 0 bridgehead atoms. The minimum atomic E-state index is -0.378. The second kappa shape index (κ2) is 6.97. The first-order valence-corrected chi connectivity index (χ1v) is 7.65. The molecule has 0 radical (unpaired) electrons. The van der Waals surface area contributed by atoms with E-state index in [2.05, 4.69) is 22.5 Å². The number of rotatable bonds is 5. The van der Waals surface area contributed by atoms with Crippen LogP contribution in [0.4, 0.5) is 10.1 Å². The summed E-state index contributed by atoms with van der Waals surface area (Å²) in [6.07, 6.45) is 3.75. The van der Waals surface area contributed by atoms with Crippen molar-refractivity contribution in [2.24, 2.45) is 0 Å². The summed E-state index contributed by atoms with van der Waals surface area (Å²) in [6.45, 7) is 2.92. The van der Waals surface area contributed by atoms with E-state index in [1.807, 2.05) is 35.1 Å². The quantitative estimate of drug-likeness (QED) is 0.776. The molecule has 3 aromatic rings. The molecule has 0 spiro atoms. The number of halogens is 1. The van der Waals surface area contributed by atoms with E-state index in [-0.39, 0.29) is 5.82 Å². The number of aromatic nitrogens is 2. The maximum atomic E-state index is 13.8. The Hall–Kier alpha value is -3.13. The van der Waals surface area contributed by atoms with Gasteiger partial charge in [0.15, 0.2) is 0 Å². The van der Waals surface area contributed by atoms with Gasteiger partial charge in [0, 0.05) is 29.6 Å². The molecule has 0 aliphatic rings. The van der Waals surface area contributed by atoms with Gasteiger partial charge < -0.3 is 5.32 Å². The lowest BCUT2D eigenvalue weighted by Gasteiger charge is -2.09. The predicted octanol–water partition coefficient (Wildman–Crippen LogP) is 3.86. The summed E-state index contributed by atoms with van der Waals surface area (Å²) in [7, 11) is 0. The largest absolute Gasteiger partial charge is 0.381 e. The molecular formula is C19H17FN4. The lowest BCUT2D eigenvalue weighted by atomic mass is 10.1. The fraction of sp³-hybridized carbons (Fsp3) is 0.158. The SMILES string of the molecule is Cc1c(F)cc(C#N)cc1NCc1cnn(Cc2ccccc2)c1. The van der Waals surface area contributed by atoms with Crippen molar-refractivity contribution in [3.05, 3.63) is 82.9 Å². The minimum Gasteiger partial charge on any atom is -0.381 e. The molecule has 0 amide bonds. The third-order valence-corrected chi connectivity index (χ3v) is 3.83. The van der Waals surface area contributed by atoms with E-state index in [0.717, 1.165) is 5.56 Å². The summed E-state index contributed by atoms with van der Waals surface area (Å²) < 4.78 is 15.7. The minimum absolute atomic E-state index is 0.306. The van der Waals surface area contributed by atoms with Crippen LogP contribution < -0.4 is 5.32 Å². The summed E-state index contributed by atoms with van der Waals surface area (Å²) >= 11 is 0. The third-order valence-electron chi connectivity index (χ3n) is 3.83. The number of hydrogen-bond donors (Lipinski definition) is 1. The molecule has 0 fully saturated rings. The molecular weight excluding hydrogens is 303 g/mol. The Labute approximate surface area is 140 Å². The number of nitrogens with zero attached hydrogens (tertiary/aromatic N) is 3. The molecule has 0 aliphatic heterocycles. The van der Waals surface area contributed by atoms with Crippen LogP contribution in [0.2, 0.25) is 0 Å². The average Bonchev–Trinajstić information content (AvgIpc) is 3.04. The number of anilines is 1. The summed E-state index contributed by atoms with van der Waals surface area (Å²) in [6, 6.07) is 15.0. The Kier molecular flexibility index (Phi) is 4.57. The van der Waals surface area contributed by atoms with E-state index in [0.29, 0.717) is 29.9 Å². The van der Waals surface area contributed by atoms with E-state index in [9.17, 15) is 4.39 Å². The zero-order valence-corrected chi connectivity index (χ0v) is 13.3. The number of hydrogen-bond acceptors (Lipinski definition) is 3. The van der Waals surface area contributed by atoms with Crippen molar-refractivity contribution in [2.45, 2.75) is 20.0 Å². The predicted molar refractivity (Wildman–Crippen MR) is 90.9 cm³/mol. The molecule has 0 aliphatic carbocycles. The van der Waals surface area contributed by atoms with Crippen LogP contribution in [0.15, 0.2) is 54.9 Å². The van der Waals surface area contributed by atoms with Crippen LogP contribution in [0.1, 0.15) is 22.3 Å². The highest BCUT2D eigenvalue weighted by atomic mass is 19.1. The topological polar surface area (TPSA) is 53.6 Å². The molecule has 3 rings (SSSR count). The van der Waals surface area contributed by atoms with Gasteiger partial charge in [-0.25, -0.2) is 4.39 Å². The monoisotopic (exact) mass is 320 g/mol. The lowest BCUT2D eigenvalue weighted by Crippen LogP contribution is -2.03. The van der Waals surface area contributed by atoms with Crippen molar-refractivity contribution < 1.29 is 4.39 Å². The Morgan fingerprint density at radius 2 is 2.00 bits per heavy atom. The maximum Gasteiger partial charge on any atom is 0.129 e. The molecule has 1 N–H and O–H groups in total. The molecule has 2 aromatic carbocycles. The highest BCUT2D eigenvalue weighted by molar-refractivity contribution is 5.56. The molecule has 0 saturated carbocycles. The first-order valence-electron chi connectivity index (χ1n) is 7.65. The number of nitrogens with one attached hydrogen (secondary N) is 1. The van der Waals surface area contributed by atoms with E-state index in [4.69, 9.17) is 5.26 Å². The van der Waals surface area contributed by atoms with Crippen molar-refractivity contribution in [2.75, 3.05) is 5.32 Å². The highest BCUT2D eigenvalue weighted by Gasteiger charge is 2.07. The normalized spacial score (nSPS) is 10.4. The van der Waals surface area contributed by atoms with Crippen molar-refractivity contribution in [1.29, 1.82) is 5.26 Å². The fourth-order valence-corrected chi connectivity index (χ4v) is 2.48. The fourth-order valence-electron chi connectivity index (χ4n) is 2.48. The zero-order chi connectivity index (χ0) is 16.9. The van der Waals surface area contributed by atoms with E-state index < -0.39 is 0 Å². The van der Waals surface area contributed by atoms with Crippen molar-refractivity contribution in [3.8, 4) is 6.07 Å². The van der Waals surface area contributed by atoms with Gasteiger partial charge in [0.1, 0.15) is 5.82 Å². The van der Waals surface area contributed by atoms with Gasteiger partial charge in [0.05, 0.1) is 24.4 Å². The summed E-state index contributed by atoms with van der Waals surface area (Å²) in [5, 5.41) is 16.5. The van der Waals surface area contributed by atoms with Crippen molar-refractivity contribution in [3.63, 3.8) is 0 Å². The maximum absolute atomic E-state index is 13.8. The standard InChI is InChI=1S/C19H17FN4/c1-14-18(20)7-16(9-21)8-19(14)22-10-17-11-23-24(13-17)12-15-5-3-2-4-6-15/h2-8,11,13,22H,10,12H2,1H3. The second-order valence-electron chi connectivity index (χ2n) is 5.63. The van der Waals surface area contributed by atoms with Gasteiger partial charge in [-0.3, -0.25) is 4.68 Å². The van der Waals surface area contributed by atoms with Gasteiger partial charge in [-0.15, -0.1) is 0 Å². The van der Waals surface area contributed by atoms with E-state index >= 15 is 0 Å². The molecule has 0 saturated heterocycles. The molecule has 5 heteroatoms.